The molecular formula is C20H13. The largest absolute Gasteiger partial charge is 0.0622 e. The van der Waals surface area contributed by atoms with Crippen LogP contribution in [0.3, 0.4) is 0 Å². The summed E-state index contributed by atoms with van der Waals surface area (Å²) in [6.07, 6.45) is 0. The van der Waals surface area contributed by atoms with Crippen molar-refractivity contribution >= 4 is 21.5 Å². The second-order valence-electron chi connectivity index (χ2n) is 5.02. The molecule has 0 bridgehead atoms. The molecule has 0 amide bonds. The Morgan fingerprint density at radius 2 is 1.55 bits per heavy atom. The monoisotopic (exact) mass is 253 g/mol. The highest BCUT2D eigenvalue weighted by Gasteiger charge is 2.04. The summed E-state index contributed by atoms with van der Waals surface area (Å²) in [6.45, 7) is 0. The van der Waals surface area contributed by atoms with Gasteiger partial charge in [-0.3, -0.25) is 0 Å². The maximum absolute atomic E-state index is 3.16. The zero-order valence-electron chi connectivity index (χ0n) is 11.0. The molecule has 0 N–H and O–H groups in total. The first-order valence-electron chi connectivity index (χ1n) is 6.80. The van der Waals surface area contributed by atoms with Gasteiger partial charge < -0.3 is 0 Å². The minimum Gasteiger partial charge on any atom is -0.0622 e. The second kappa shape index (κ2) is 4.50. The van der Waals surface area contributed by atoms with Crippen LogP contribution < -0.4 is 0 Å². The van der Waals surface area contributed by atoms with Gasteiger partial charge in [0.25, 0.3) is 0 Å². The quantitative estimate of drug-likeness (QED) is 0.395. The van der Waals surface area contributed by atoms with E-state index in [2.05, 4.69) is 78.9 Å². The van der Waals surface area contributed by atoms with E-state index >= 15 is 0 Å². The zero-order valence-corrected chi connectivity index (χ0v) is 11.0. The van der Waals surface area contributed by atoms with Crippen LogP contribution >= 0.6 is 0 Å². The van der Waals surface area contributed by atoms with Gasteiger partial charge in [-0.2, -0.15) is 0 Å². The van der Waals surface area contributed by atoms with Crippen LogP contribution in [0.1, 0.15) is 0 Å². The molecule has 0 unspecified atom stereocenters. The second-order valence-corrected chi connectivity index (χ2v) is 5.02. The molecule has 0 heterocycles. The van der Waals surface area contributed by atoms with Crippen LogP contribution in [0.4, 0.5) is 0 Å². The highest BCUT2D eigenvalue weighted by atomic mass is 14.1. The molecule has 0 aliphatic carbocycles. The standard InChI is InChI=1S/C20H13/c1-2-7-15(8-3-1)19-12-6-11-18-13-16-9-4-5-10-17(16)14-20(18)19/h1-4,6-14H. The van der Waals surface area contributed by atoms with E-state index in [1.54, 1.807) is 0 Å². The Labute approximate surface area is 118 Å². The van der Waals surface area contributed by atoms with Crippen molar-refractivity contribution in [3.63, 3.8) is 0 Å². The van der Waals surface area contributed by atoms with E-state index < -0.39 is 0 Å². The summed E-state index contributed by atoms with van der Waals surface area (Å²) in [5, 5.41) is 5.08. The van der Waals surface area contributed by atoms with Gasteiger partial charge in [-0.1, -0.05) is 60.7 Å². The molecule has 0 spiro atoms. The first-order chi connectivity index (χ1) is 9.92. The Bertz CT molecular complexity index is 889. The lowest BCUT2D eigenvalue weighted by Crippen LogP contribution is -1.82. The third-order valence-electron chi connectivity index (χ3n) is 3.77. The van der Waals surface area contributed by atoms with E-state index in [1.165, 1.54) is 32.7 Å². The fourth-order valence-corrected chi connectivity index (χ4v) is 2.77. The van der Waals surface area contributed by atoms with Crippen LogP contribution in [0.25, 0.3) is 32.7 Å². The normalized spacial score (nSPS) is 11.0. The lowest BCUT2D eigenvalue weighted by molar-refractivity contribution is 1.66. The molecule has 0 atom stereocenters. The smallest absolute Gasteiger partial charge is 0.00990 e. The Morgan fingerprint density at radius 1 is 0.650 bits per heavy atom. The summed E-state index contributed by atoms with van der Waals surface area (Å²) in [6, 6.07) is 30.9. The Kier molecular flexibility index (Phi) is 2.53. The van der Waals surface area contributed by atoms with Crippen LogP contribution in [0.5, 0.6) is 0 Å². The van der Waals surface area contributed by atoms with E-state index in [0.717, 1.165) is 0 Å². The average molecular weight is 253 g/mol. The van der Waals surface area contributed by atoms with Gasteiger partial charge >= 0.3 is 0 Å². The zero-order chi connectivity index (χ0) is 13.4. The van der Waals surface area contributed by atoms with Crippen molar-refractivity contribution in [1.82, 2.24) is 0 Å². The summed E-state index contributed by atoms with van der Waals surface area (Å²) in [7, 11) is 0. The molecule has 4 aromatic carbocycles. The van der Waals surface area contributed by atoms with Crippen LogP contribution in [-0.4, -0.2) is 0 Å². The molecule has 93 valence electrons. The third kappa shape index (κ3) is 1.78. The van der Waals surface area contributed by atoms with Crippen molar-refractivity contribution < 1.29 is 0 Å². The van der Waals surface area contributed by atoms with Crippen molar-refractivity contribution in [2.24, 2.45) is 0 Å². The van der Waals surface area contributed by atoms with E-state index in [4.69, 9.17) is 0 Å². The SMILES string of the molecule is [c]1ccc2cc3cccc(-c4ccccc4)c3cc2c1. The van der Waals surface area contributed by atoms with Gasteiger partial charge in [0.05, 0.1) is 0 Å². The highest BCUT2D eigenvalue weighted by molar-refractivity contribution is 6.04. The van der Waals surface area contributed by atoms with Gasteiger partial charge in [-0.25, -0.2) is 0 Å². The number of rotatable bonds is 1. The number of hydrogen-bond acceptors (Lipinski definition) is 0. The molecule has 0 heteroatoms. The Hall–Kier alpha value is -2.60. The molecule has 4 rings (SSSR count). The topological polar surface area (TPSA) is 0 Å². The molecule has 0 saturated carbocycles. The van der Waals surface area contributed by atoms with Crippen LogP contribution in [0.2, 0.25) is 0 Å². The maximum atomic E-state index is 3.16. The molecule has 0 nitrogen and oxygen atoms in total. The van der Waals surface area contributed by atoms with Gasteiger partial charge in [0.2, 0.25) is 0 Å². The molecule has 0 saturated heterocycles. The van der Waals surface area contributed by atoms with Gasteiger partial charge in [-0.05, 0) is 56.9 Å². The third-order valence-corrected chi connectivity index (χ3v) is 3.77. The first kappa shape index (κ1) is 11.2. The summed E-state index contributed by atoms with van der Waals surface area (Å²) >= 11 is 0. The molecule has 20 heavy (non-hydrogen) atoms. The summed E-state index contributed by atoms with van der Waals surface area (Å²) in [5.74, 6) is 0. The fourth-order valence-electron chi connectivity index (χ4n) is 2.77. The van der Waals surface area contributed by atoms with Crippen LogP contribution in [0, 0.1) is 6.07 Å². The first-order valence-corrected chi connectivity index (χ1v) is 6.80. The van der Waals surface area contributed by atoms with Crippen molar-refractivity contribution in [2.75, 3.05) is 0 Å². The Morgan fingerprint density at radius 3 is 2.45 bits per heavy atom. The molecule has 1 radical (unpaired) electrons. The van der Waals surface area contributed by atoms with E-state index in [-0.39, 0.29) is 0 Å². The number of hydrogen-bond donors (Lipinski definition) is 0. The molecule has 0 aromatic heterocycles. The predicted octanol–water partition coefficient (Wildman–Crippen LogP) is 5.46. The lowest BCUT2D eigenvalue weighted by Gasteiger charge is -2.08. The minimum absolute atomic E-state index is 1.24. The predicted molar refractivity (Wildman–Crippen MR) is 85.7 cm³/mol. The van der Waals surface area contributed by atoms with Crippen LogP contribution in [0.15, 0.2) is 78.9 Å². The van der Waals surface area contributed by atoms with Crippen LogP contribution in [-0.2, 0) is 0 Å². The lowest BCUT2D eigenvalue weighted by atomic mass is 9.96. The van der Waals surface area contributed by atoms with Gasteiger partial charge in [0.1, 0.15) is 0 Å². The van der Waals surface area contributed by atoms with Crippen molar-refractivity contribution in [2.45, 2.75) is 0 Å². The number of fused-ring (bicyclic) bond motifs is 2. The molecule has 0 fully saturated rings. The maximum Gasteiger partial charge on any atom is -0.00990 e. The highest BCUT2D eigenvalue weighted by Crippen LogP contribution is 2.31. The van der Waals surface area contributed by atoms with E-state index in [0.29, 0.717) is 0 Å². The minimum atomic E-state index is 1.24. The summed E-state index contributed by atoms with van der Waals surface area (Å²) in [4.78, 5) is 0. The van der Waals surface area contributed by atoms with Crippen molar-refractivity contribution in [3.05, 3.63) is 84.9 Å². The van der Waals surface area contributed by atoms with Gasteiger partial charge in [0.15, 0.2) is 0 Å². The summed E-state index contributed by atoms with van der Waals surface area (Å²) < 4.78 is 0. The van der Waals surface area contributed by atoms with Gasteiger partial charge in [0, 0.05) is 0 Å². The van der Waals surface area contributed by atoms with E-state index in [1.807, 2.05) is 6.07 Å². The van der Waals surface area contributed by atoms with Gasteiger partial charge in [-0.15, -0.1) is 0 Å². The molecule has 0 aliphatic heterocycles. The fraction of sp³-hybridized carbons (Fsp3) is 0. The molecule has 4 aromatic rings. The average Bonchev–Trinajstić information content (AvgIpc) is 2.53. The van der Waals surface area contributed by atoms with E-state index in [9.17, 15) is 0 Å². The van der Waals surface area contributed by atoms with Crippen molar-refractivity contribution in [1.29, 1.82) is 0 Å². The molecular weight excluding hydrogens is 240 g/mol. The number of benzene rings is 4. The Balaban J connectivity index is 2.09. The summed E-state index contributed by atoms with van der Waals surface area (Å²) in [5.41, 5.74) is 2.55. The molecule has 0 aliphatic rings. The van der Waals surface area contributed by atoms with Crippen molar-refractivity contribution in [3.8, 4) is 11.1 Å².